The molecule has 2 unspecified atom stereocenters. The maximum Gasteiger partial charge on any atom is 0.241 e. The van der Waals surface area contributed by atoms with Crippen molar-refractivity contribution < 1.29 is 9.90 Å². The Balaban J connectivity index is 1.95. The van der Waals surface area contributed by atoms with Crippen molar-refractivity contribution in [3.05, 3.63) is 18.3 Å². The van der Waals surface area contributed by atoms with Crippen molar-refractivity contribution in [3.8, 4) is 0 Å². The largest absolute Gasteiger partial charge is 0.392 e. The Bertz CT molecular complexity index is 445. The van der Waals surface area contributed by atoms with Crippen LogP contribution < -0.4 is 15.5 Å². The van der Waals surface area contributed by atoms with Crippen LogP contribution in [0.1, 0.15) is 20.3 Å². The van der Waals surface area contributed by atoms with Crippen LogP contribution in [0, 0.1) is 0 Å². The van der Waals surface area contributed by atoms with Gasteiger partial charge in [0, 0.05) is 19.6 Å². The second-order valence-electron chi connectivity index (χ2n) is 4.92. The normalized spacial score (nSPS) is 21.8. The molecule has 1 aromatic heterocycles. The fourth-order valence-electron chi connectivity index (χ4n) is 2.34. The maximum absolute atomic E-state index is 12.0. The van der Waals surface area contributed by atoms with Gasteiger partial charge in [-0.05, 0) is 32.4 Å². The number of nitrogens with one attached hydrogen (secondary N) is 2. The van der Waals surface area contributed by atoms with E-state index >= 15 is 0 Å². The number of carbonyl (C=O) groups is 1. The Hall–Kier alpha value is -1.66. The molecule has 2 rings (SSSR count). The molecule has 2 heterocycles. The number of aliphatic hydroxyl groups excluding tert-OH is 1. The van der Waals surface area contributed by atoms with Gasteiger partial charge < -0.3 is 20.6 Å². The van der Waals surface area contributed by atoms with E-state index in [4.69, 9.17) is 0 Å². The predicted molar refractivity (Wildman–Crippen MR) is 78.8 cm³/mol. The topological polar surface area (TPSA) is 77.5 Å². The molecule has 1 aliphatic heterocycles. The Morgan fingerprint density at radius 3 is 2.75 bits per heavy atom. The number of hydrogen-bond acceptors (Lipinski definition) is 5. The van der Waals surface area contributed by atoms with E-state index in [1.165, 1.54) is 0 Å². The van der Waals surface area contributed by atoms with Gasteiger partial charge in [0.05, 0.1) is 24.0 Å². The van der Waals surface area contributed by atoms with Crippen LogP contribution in [-0.2, 0) is 4.79 Å². The lowest BCUT2D eigenvalue weighted by Gasteiger charge is -2.19. The number of hydrogen-bond donors (Lipinski definition) is 3. The summed E-state index contributed by atoms with van der Waals surface area (Å²) in [6, 6.07) is 3.43. The summed E-state index contributed by atoms with van der Waals surface area (Å²) in [7, 11) is 0. The lowest BCUT2D eigenvalue weighted by Crippen LogP contribution is -2.35. The number of aromatic nitrogens is 1. The third-order valence-corrected chi connectivity index (χ3v) is 3.53. The molecule has 0 bridgehead atoms. The highest BCUT2D eigenvalue weighted by molar-refractivity contribution is 5.95. The molecule has 20 heavy (non-hydrogen) atoms. The molecule has 0 saturated carbocycles. The van der Waals surface area contributed by atoms with E-state index < -0.39 is 6.10 Å². The molecule has 6 nitrogen and oxygen atoms in total. The minimum atomic E-state index is -0.436. The minimum absolute atomic E-state index is 0.126. The Kier molecular flexibility index (Phi) is 4.92. The van der Waals surface area contributed by atoms with Gasteiger partial charge in [0.1, 0.15) is 5.82 Å². The molecule has 1 aliphatic rings. The summed E-state index contributed by atoms with van der Waals surface area (Å²) >= 11 is 0. The van der Waals surface area contributed by atoms with Crippen molar-refractivity contribution in [2.45, 2.75) is 32.4 Å². The van der Waals surface area contributed by atoms with Gasteiger partial charge in [0.2, 0.25) is 5.91 Å². The predicted octanol–water partition coefficient (Wildman–Crippen LogP) is 0.589. The highest BCUT2D eigenvalue weighted by Gasteiger charge is 2.27. The molecule has 1 aromatic rings. The van der Waals surface area contributed by atoms with Gasteiger partial charge in [-0.1, -0.05) is 0 Å². The lowest BCUT2D eigenvalue weighted by atomic mass is 10.2. The van der Waals surface area contributed by atoms with Crippen LogP contribution in [0.5, 0.6) is 0 Å². The zero-order valence-electron chi connectivity index (χ0n) is 12.0. The van der Waals surface area contributed by atoms with Gasteiger partial charge in [0.25, 0.3) is 0 Å². The quantitative estimate of drug-likeness (QED) is 0.735. The lowest BCUT2D eigenvalue weighted by molar-refractivity contribution is -0.117. The summed E-state index contributed by atoms with van der Waals surface area (Å²) in [4.78, 5) is 18.5. The first kappa shape index (κ1) is 14.7. The number of aliphatic hydroxyl groups is 1. The van der Waals surface area contributed by atoms with Crippen LogP contribution in [0.3, 0.4) is 0 Å². The fraction of sp³-hybridized carbons (Fsp3) is 0.571. The van der Waals surface area contributed by atoms with E-state index in [0.29, 0.717) is 18.7 Å². The molecule has 0 radical (unpaired) electrons. The molecule has 0 aliphatic carbocycles. The number of anilines is 2. The highest BCUT2D eigenvalue weighted by Crippen LogP contribution is 2.15. The summed E-state index contributed by atoms with van der Waals surface area (Å²) in [6.45, 7) is 6.44. The number of nitrogens with zero attached hydrogens (tertiary/aromatic N) is 2. The zero-order valence-corrected chi connectivity index (χ0v) is 12.0. The second kappa shape index (κ2) is 6.67. The molecule has 1 saturated heterocycles. The van der Waals surface area contributed by atoms with Crippen LogP contribution in [0.4, 0.5) is 11.5 Å². The van der Waals surface area contributed by atoms with Gasteiger partial charge in [-0.15, -0.1) is 0 Å². The highest BCUT2D eigenvalue weighted by atomic mass is 16.3. The summed E-state index contributed by atoms with van der Waals surface area (Å²) in [5.74, 6) is 0.779. The van der Waals surface area contributed by atoms with Crippen molar-refractivity contribution in [1.29, 1.82) is 0 Å². The van der Waals surface area contributed by atoms with Gasteiger partial charge in [-0.25, -0.2) is 4.98 Å². The zero-order chi connectivity index (χ0) is 14.5. The number of carbonyl (C=O) groups excluding carboxylic acids is 1. The summed E-state index contributed by atoms with van der Waals surface area (Å²) in [6.07, 6.45) is 1.68. The summed E-state index contributed by atoms with van der Waals surface area (Å²) < 4.78 is 0. The van der Waals surface area contributed by atoms with Crippen LogP contribution in [-0.4, -0.2) is 47.8 Å². The monoisotopic (exact) mass is 278 g/mol. The number of amides is 1. The number of rotatable bonds is 5. The molecule has 1 fully saturated rings. The Morgan fingerprint density at radius 2 is 2.25 bits per heavy atom. The maximum atomic E-state index is 12.0. The van der Waals surface area contributed by atoms with E-state index in [1.54, 1.807) is 6.20 Å². The van der Waals surface area contributed by atoms with Crippen molar-refractivity contribution in [2.75, 3.05) is 29.9 Å². The van der Waals surface area contributed by atoms with Crippen molar-refractivity contribution >= 4 is 17.4 Å². The van der Waals surface area contributed by atoms with E-state index in [1.807, 2.05) is 12.1 Å². The molecule has 6 heteroatoms. The molecule has 0 aromatic carbocycles. The van der Waals surface area contributed by atoms with E-state index in [0.717, 1.165) is 18.9 Å². The van der Waals surface area contributed by atoms with Crippen LogP contribution >= 0.6 is 0 Å². The second-order valence-corrected chi connectivity index (χ2v) is 4.92. The smallest absolute Gasteiger partial charge is 0.241 e. The molecule has 3 N–H and O–H groups in total. The molecule has 2 atom stereocenters. The van der Waals surface area contributed by atoms with Crippen molar-refractivity contribution in [3.63, 3.8) is 0 Å². The van der Waals surface area contributed by atoms with Crippen LogP contribution in [0.25, 0.3) is 0 Å². The summed E-state index contributed by atoms with van der Waals surface area (Å²) in [5, 5.41) is 15.2. The van der Waals surface area contributed by atoms with Crippen LogP contribution in [0.2, 0.25) is 0 Å². The molecule has 110 valence electrons. The average molecular weight is 278 g/mol. The standard InChI is InChI=1S/C14H22N4O2/c1-3-18(4-2)13-6-5-10(8-16-13)17-14(20)12-7-11(19)9-15-12/h5-6,8,11-12,15,19H,3-4,7,9H2,1-2H3,(H,17,20). The average Bonchev–Trinajstić information content (AvgIpc) is 2.89. The van der Waals surface area contributed by atoms with Gasteiger partial charge in [-0.3, -0.25) is 4.79 Å². The Labute approximate surface area is 119 Å². The molecule has 1 amide bonds. The first-order chi connectivity index (χ1) is 9.63. The van der Waals surface area contributed by atoms with E-state index in [9.17, 15) is 9.90 Å². The van der Waals surface area contributed by atoms with E-state index in [-0.39, 0.29) is 11.9 Å². The van der Waals surface area contributed by atoms with Crippen LogP contribution in [0.15, 0.2) is 18.3 Å². The Morgan fingerprint density at radius 1 is 1.50 bits per heavy atom. The fourth-order valence-corrected chi connectivity index (χ4v) is 2.34. The van der Waals surface area contributed by atoms with Gasteiger partial charge in [-0.2, -0.15) is 0 Å². The third kappa shape index (κ3) is 3.46. The molecule has 0 spiro atoms. The molecular weight excluding hydrogens is 256 g/mol. The van der Waals surface area contributed by atoms with Crippen molar-refractivity contribution in [1.82, 2.24) is 10.3 Å². The third-order valence-electron chi connectivity index (χ3n) is 3.53. The van der Waals surface area contributed by atoms with E-state index in [2.05, 4.69) is 34.4 Å². The first-order valence-electron chi connectivity index (χ1n) is 7.07. The first-order valence-corrected chi connectivity index (χ1v) is 7.07. The summed E-state index contributed by atoms with van der Waals surface area (Å²) in [5.41, 5.74) is 0.675. The minimum Gasteiger partial charge on any atom is -0.392 e. The number of pyridine rings is 1. The van der Waals surface area contributed by atoms with Crippen molar-refractivity contribution in [2.24, 2.45) is 0 Å². The molecular formula is C14H22N4O2. The SMILES string of the molecule is CCN(CC)c1ccc(NC(=O)C2CC(O)CN2)cn1. The number of β-amino-alcohol motifs (C(OH)–C–C–N with tert-alkyl or cyclic N) is 1. The van der Waals surface area contributed by atoms with Gasteiger partial charge in [0.15, 0.2) is 0 Å². The van der Waals surface area contributed by atoms with Gasteiger partial charge >= 0.3 is 0 Å².